The van der Waals surface area contributed by atoms with Gasteiger partial charge in [0.1, 0.15) is 6.04 Å². The second kappa shape index (κ2) is 5.87. The van der Waals surface area contributed by atoms with Crippen LogP contribution in [0, 0.1) is 0 Å². The fourth-order valence-electron chi connectivity index (χ4n) is 3.42. The van der Waals surface area contributed by atoms with E-state index in [1.807, 2.05) is 47.6 Å². The molecule has 0 aromatic heterocycles. The molecule has 3 heterocycles. The van der Waals surface area contributed by atoms with Gasteiger partial charge >= 0.3 is 5.97 Å². The van der Waals surface area contributed by atoms with Crippen molar-refractivity contribution in [3.05, 3.63) is 59.2 Å². The van der Waals surface area contributed by atoms with Gasteiger partial charge in [0.25, 0.3) is 0 Å². The van der Waals surface area contributed by atoms with E-state index in [0.29, 0.717) is 11.5 Å². The lowest BCUT2D eigenvalue weighted by atomic mass is 9.93. The highest BCUT2D eigenvalue weighted by atomic mass is 16.6. The van der Waals surface area contributed by atoms with E-state index in [-0.39, 0.29) is 12.6 Å². The van der Waals surface area contributed by atoms with E-state index in [9.17, 15) is 4.79 Å². The van der Waals surface area contributed by atoms with Crippen molar-refractivity contribution < 1.29 is 14.3 Å². The molecule has 0 radical (unpaired) electrons. The molecule has 1 N–H and O–H groups in total. The van der Waals surface area contributed by atoms with Gasteiger partial charge in [0.05, 0.1) is 12.8 Å². The summed E-state index contributed by atoms with van der Waals surface area (Å²) < 4.78 is 10.8. The van der Waals surface area contributed by atoms with Gasteiger partial charge in [-0.2, -0.15) is 5.10 Å². The van der Waals surface area contributed by atoms with Crippen molar-refractivity contribution in [1.82, 2.24) is 10.3 Å². The van der Waals surface area contributed by atoms with E-state index in [0.717, 1.165) is 35.7 Å². The third-order valence-corrected chi connectivity index (χ3v) is 4.58. The molecule has 5 rings (SSSR count). The number of esters is 1. The lowest BCUT2D eigenvalue weighted by Gasteiger charge is -2.33. The van der Waals surface area contributed by atoms with E-state index in [1.54, 1.807) is 0 Å². The zero-order chi connectivity index (χ0) is 17.5. The molecular weight excluding hydrogens is 332 g/mol. The van der Waals surface area contributed by atoms with E-state index < -0.39 is 5.97 Å². The first-order valence-corrected chi connectivity index (χ1v) is 8.47. The van der Waals surface area contributed by atoms with Gasteiger partial charge in [0.15, 0.2) is 18.1 Å². The fourth-order valence-corrected chi connectivity index (χ4v) is 3.42. The number of ether oxygens (including phenoxy) is 2. The molecule has 7 heteroatoms. The SMILES string of the molecule is O=C1COc2ccc(C3c4ccccc4C=NN3C3=NCCN3)cc2O1. The Kier molecular flexibility index (Phi) is 3.38. The van der Waals surface area contributed by atoms with Crippen molar-refractivity contribution in [1.29, 1.82) is 0 Å². The summed E-state index contributed by atoms with van der Waals surface area (Å²) in [6, 6.07) is 13.6. The standard InChI is InChI=1S/C19H16N4O3/c24-17-11-25-15-6-5-12(9-16(15)26-17)18-14-4-2-1-3-13(14)10-22-23(18)19-20-7-8-21-19/h1-6,9-10,18H,7-8,11H2,(H,20,21). The lowest BCUT2D eigenvalue weighted by Crippen LogP contribution is -2.40. The molecule has 7 nitrogen and oxygen atoms in total. The molecule has 2 aromatic rings. The largest absolute Gasteiger partial charge is 0.478 e. The van der Waals surface area contributed by atoms with Crippen molar-refractivity contribution in [2.24, 2.45) is 10.1 Å². The Labute approximate surface area is 149 Å². The van der Waals surface area contributed by atoms with Gasteiger partial charge in [0.2, 0.25) is 5.96 Å². The minimum atomic E-state index is -0.393. The van der Waals surface area contributed by atoms with Crippen LogP contribution in [0.1, 0.15) is 22.7 Å². The second-order valence-electron chi connectivity index (χ2n) is 6.22. The van der Waals surface area contributed by atoms with Crippen LogP contribution in [0.3, 0.4) is 0 Å². The Morgan fingerprint density at radius 1 is 1.15 bits per heavy atom. The number of nitrogens with one attached hydrogen (secondary N) is 1. The molecular formula is C19H16N4O3. The molecule has 0 bridgehead atoms. The maximum absolute atomic E-state index is 11.6. The summed E-state index contributed by atoms with van der Waals surface area (Å²) in [4.78, 5) is 16.1. The Bertz CT molecular complexity index is 954. The molecule has 0 amide bonds. The molecule has 0 saturated heterocycles. The van der Waals surface area contributed by atoms with Crippen LogP contribution in [0.2, 0.25) is 0 Å². The Morgan fingerprint density at radius 2 is 2.08 bits per heavy atom. The normalized spacial score (nSPS) is 20.5. The molecule has 3 aliphatic rings. The summed E-state index contributed by atoms with van der Waals surface area (Å²) in [5, 5.41) is 9.77. The van der Waals surface area contributed by atoms with Gasteiger partial charge < -0.3 is 14.8 Å². The molecule has 0 spiro atoms. The molecule has 1 atom stereocenters. The molecule has 1 unspecified atom stereocenters. The first-order valence-electron chi connectivity index (χ1n) is 8.47. The van der Waals surface area contributed by atoms with Crippen LogP contribution < -0.4 is 14.8 Å². The van der Waals surface area contributed by atoms with Crippen molar-refractivity contribution in [2.75, 3.05) is 19.7 Å². The Morgan fingerprint density at radius 3 is 2.96 bits per heavy atom. The van der Waals surface area contributed by atoms with Gasteiger partial charge in [-0.1, -0.05) is 30.3 Å². The monoisotopic (exact) mass is 348 g/mol. The smallest absolute Gasteiger partial charge is 0.349 e. The number of hydrogen-bond acceptors (Lipinski definition) is 7. The van der Waals surface area contributed by atoms with E-state index in [2.05, 4.69) is 21.5 Å². The maximum Gasteiger partial charge on any atom is 0.349 e. The molecule has 0 fully saturated rings. The number of fused-ring (bicyclic) bond motifs is 2. The second-order valence-corrected chi connectivity index (χ2v) is 6.22. The van der Waals surface area contributed by atoms with Crippen molar-refractivity contribution in [3.63, 3.8) is 0 Å². The number of nitrogens with zero attached hydrogens (tertiary/aromatic N) is 3. The van der Waals surface area contributed by atoms with Gasteiger partial charge in [-0.15, -0.1) is 0 Å². The van der Waals surface area contributed by atoms with Crippen LogP contribution in [0.15, 0.2) is 52.6 Å². The fraction of sp³-hybridized carbons (Fsp3) is 0.211. The van der Waals surface area contributed by atoms with Gasteiger partial charge in [0, 0.05) is 12.1 Å². The van der Waals surface area contributed by atoms with Gasteiger partial charge in [-0.3, -0.25) is 0 Å². The number of guanidine groups is 1. The molecule has 2 aromatic carbocycles. The van der Waals surface area contributed by atoms with Crippen molar-refractivity contribution in [3.8, 4) is 11.5 Å². The highest BCUT2D eigenvalue weighted by Crippen LogP contribution is 2.39. The number of hydrogen-bond donors (Lipinski definition) is 1. The average molecular weight is 348 g/mol. The predicted molar refractivity (Wildman–Crippen MR) is 95.6 cm³/mol. The molecule has 130 valence electrons. The number of carbonyl (C=O) groups excluding carboxylic acids is 1. The lowest BCUT2D eigenvalue weighted by molar-refractivity contribution is -0.138. The minimum Gasteiger partial charge on any atom is -0.478 e. The quantitative estimate of drug-likeness (QED) is 0.627. The molecule has 0 saturated carbocycles. The number of benzene rings is 2. The first-order chi connectivity index (χ1) is 12.8. The third-order valence-electron chi connectivity index (χ3n) is 4.58. The van der Waals surface area contributed by atoms with E-state index >= 15 is 0 Å². The van der Waals surface area contributed by atoms with Crippen LogP contribution in [-0.2, 0) is 4.79 Å². The first kappa shape index (κ1) is 14.9. The summed E-state index contributed by atoms with van der Waals surface area (Å²) in [7, 11) is 0. The van der Waals surface area contributed by atoms with Crippen LogP contribution in [0.4, 0.5) is 0 Å². The summed E-state index contributed by atoms with van der Waals surface area (Å²) >= 11 is 0. The Hall–Kier alpha value is -3.35. The summed E-state index contributed by atoms with van der Waals surface area (Å²) in [6.45, 7) is 1.46. The van der Waals surface area contributed by atoms with Crippen LogP contribution >= 0.6 is 0 Å². The summed E-state index contributed by atoms with van der Waals surface area (Å²) in [6.07, 6.45) is 1.84. The Balaban J connectivity index is 1.63. The molecule has 0 aliphatic carbocycles. The summed E-state index contributed by atoms with van der Waals surface area (Å²) in [5.74, 6) is 1.36. The number of carbonyl (C=O) groups is 1. The predicted octanol–water partition coefficient (Wildman–Crippen LogP) is 1.68. The van der Waals surface area contributed by atoms with Crippen LogP contribution in [0.5, 0.6) is 11.5 Å². The summed E-state index contributed by atoms with van der Waals surface area (Å²) in [5.41, 5.74) is 3.11. The van der Waals surface area contributed by atoms with Crippen molar-refractivity contribution in [2.45, 2.75) is 6.04 Å². The zero-order valence-electron chi connectivity index (χ0n) is 13.9. The number of rotatable bonds is 1. The minimum absolute atomic E-state index is 0.0598. The topological polar surface area (TPSA) is 75.5 Å². The van der Waals surface area contributed by atoms with Gasteiger partial charge in [-0.05, 0) is 23.3 Å². The van der Waals surface area contributed by atoms with Gasteiger partial charge in [-0.25, -0.2) is 14.8 Å². The van der Waals surface area contributed by atoms with E-state index in [4.69, 9.17) is 9.47 Å². The maximum atomic E-state index is 11.6. The zero-order valence-corrected chi connectivity index (χ0v) is 13.9. The average Bonchev–Trinajstić information content (AvgIpc) is 3.21. The van der Waals surface area contributed by atoms with Crippen LogP contribution in [-0.4, -0.2) is 42.8 Å². The number of aliphatic imine (C=N–C) groups is 1. The van der Waals surface area contributed by atoms with E-state index in [1.165, 1.54) is 0 Å². The highest BCUT2D eigenvalue weighted by molar-refractivity contribution is 5.89. The number of hydrazone groups is 1. The third kappa shape index (κ3) is 2.40. The van der Waals surface area contributed by atoms with Crippen LogP contribution in [0.25, 0.3) is 0 Å². The molecule has 3 aliphatic heterocycles. The van der Waals surface area contributed by atoms with Crippen molar-refractivity contribution >= 4 is 18.1 Å². The molecule has 26 heavy (non-hydrogen) atoms. The highest BCUT2D eigenvalue weighted by Gasteiger charge is 2.32.